The molecule has 0 saturated heterocycles. The lowest BCUT2D eigenvalue weighted by atomic mass is 10.5. The topological polar surface area (TPSA) is 37.3 Å². The van der Waals surface area contributed by atoms with E-state index in [1.54, 1.807) is 0 Å². The van der Waals surface area contributed by atoms with E-state index in [4.69, 9.17) is 7.85 Å². The maximum Gasteiger partial charge on any atom is 0.155 e. The average molecular weight is 76.1 g/mol. The molecule has 0 saturated carbocycles. The molecular weight excluding hydrogens is 68.0 g/mol. The average Bonchev–Trinajstić information content (AvgIpc) is 1.31. The normalized spacial score (nSPS) is 16.4. The Morgan fingerprint density at radius 2 is 2.60 bits per heavy atom. The number of carbonyl (C=O) groups is 1. The minimum Gasteiger partial charge on any atom is -0.389 e. The highest BCUT2D eigenvalue weighted by molar-refractivity contribution is 5.76. The van der Waals surface area contributed by atoms with E-state index in [9.17, 15) is 4.79 Å². The molecule has 0 atom stereocenters. The number of aliphatic hydroxyl groups is 1. The molecule has 2 nitrogen and oxygen atoms in total. The summed E-state index contributed by atoms with van der Waals surface area (Å²) in [5, 5.41) is 8.08. The van der Waals surface area contributed by atoms with Gasteiger partial charge in [0.05, 0.1) is 2.74 Å². The summed E-state index contributed by atoms with van der Waals surface area (Å²) in [5.41, 5.74) is 0. The van der Waals surface area contributed by atoms with Crippen molar-refractivity contribution in [2.75, 3.05) is 6.56 Å². The van der Waals surface area contributed by atoms with Crippen LogP contribution in [0.1, 0.15) is 9.67 Å². The van der Waals surface area contributed by atoms with Gasteiger partial charge in [0.1, 0.15) is 6.56 Å². The van der Waals surface area contributed by atoms with Gasteiger partial charge >= 0.3 is 0 Å². The molecule has 0 spiro atoms. The van der Waals surface area contributed by atoms with Crippen molar-refractivity contribution < 1.29 is 12.6 Å². The highest BCUT2D eigenvalue weighted by Gasteiger charge is 1.78. The molecule has 0 aromatic heterocycles. The van der Waals surface area contributed by atoms with Gasteiger partial charge in [-0.05, 0) is 6.92 Å². The molecule has 0 heterocycles. The van der Waals surface area contributed by atoms with Crippen LogP contribution in [-0.4, -0.2) is 17.4 Å². The van der Waals surface area contributed by atoms with E-state index in [-0.39, 0.29) is 0 Å². The van der Waals surface area contributed by atoms with Crippen molar-refractivity contribution in [1.82, 2.24) is 0 Å². The molecule has 0 bridgehead atoms. The number of ketones is 1. The molecule has 2 heteroatoms. The summed E-state index contributed by atoms with van der Waals surface area (Å²) in [6.07, 6.45) is 0. The molecule has 30 valence electrons. The van der Waals surface area contributed by atoms with Crippen molar-refractivity contribution in [2.45, 2.75) is 6.92 Å². The van der Waals surface area contributed by atoms with Crippen LogP contribution < -0.4 is 0 Å². The Labute approximate surface area is 33.2 Å². The third kappa shape index (κ3) is 3.63. The van der Waals surface area contributed by atoms with Crippen LogP contribution in [0.15, 0.2) is 0 Å². The Morgan fingerprint density at radius 1 is 2.40 bits per heavy atom. The molecule has 5 heavy (non-hydrogen) atoms. The van der Waals surface area contributed by atoms with Gasteiger partial charge in [0, 0.05) is 0 Å². The minimum atomic E-state index is -2.64. The summed E-state index contributed by atoms with van der Waals surface area (Å²) in [6, 6.07) is 0. The van der Waals surface area contributed by atoms with Gasteiger partial charge in [-0.25, -0.2) is 0 Å². The Balaban J connectivity index is 3.79. The van der Waals surface area contributed by atoms with Gasteiger partial charge in [-0.3, -0.25) is 4.79 Å². The van der Waals surface area contributed by atoms with Crippen molar-refractivity contribution >= 4 is 5.78 Å². The summed E-state index contributed by atoms with van der Waals surface area (Å²) < 4.78 is 12.5. The Hall–Kier alpha value is -0.370. The first kappa shape index (κ1) is 1.92. The molecule has 0 aliphatic rings. The second-order valence-electron chi connectivity index (χ2n) is 0.668. The van der Waals surface area contributed by atoms with Gasteiger partial charge in [-0.2, -0.15) is 0 Å². The molecule has 0 aliphatic carbocycles. The van der Waals surface area contributed by atoms with Gasteiger partial charge < -0.3 is 5.11 Å². The van der Waals surface area contributed by atoms with Gasteiger partial charge in [-0.1, -0.05) is 0 Å². The highest BCUT2D eigenvalue weighted by atomic mass is 16.3. The van der Waals surface area contributed by atoms with E-state index in [2.05, 4.69) is 0 Å². The van der Waals surface area contributed by atoms with Crippen molar-refractivity contribution in [3.8, 4) is 0 Å². The zero-order chi connectivity index (χ0) is 6.08. The van der Waals surface area contributed by atoms with Crippen LogP contribution in [-0.2, 0) is 4.79 Å². The highest BCUT2D eigenvalue weighted by Crippen LogP contribution is 1.55. The first-order chi connectivity index (χ1) is 2.94. The van der Waals surface area contributed by atoms with Crippen molar-refractivity contribution in [3.05, 3.63) is 0 Å². The molecule has 0 aromatic rings. The molecule has 0 unspecified atom stereocenters. The summed E-state index contributed by atoms with van der Waals surface area (Å²) in [4.78, 5) is 9.84. The van der Waals surface area contributed by atoms with Gasteiger partial charge in [0.15, 0.2) is 5.78 Å². The van der Waals surface area contributed by atoms with E-state index in [0.29, 0.717) is 0 Å². The van der Waals surface area contributed by atoms with E-state index in [0.717, 1.165) is 6.92 Å². The molecule has 0 rings (SSSR count). The fraction of sp³-hybridized carbons (Fsp3) is 0.667. The van der Waals surface area contributed by atoms with Gasteiger partial charge in [0.25, 0.3) is 0 Å². The van der Waals surface area contributed by atoms with Crippen LogP contribution in [0.4, 0.5) is 0 Å². The molecular formula is C3H6O2. The minimum absolute atomic E-state index is 0.868. The fourth-order valence-electron chi connectivity index (χ4n) is 0. The van der Waals surface area contributed by atoms with Crippen molar-refractivity contribution in [3.63, 3.8) is 0 Å². The number of Topliss-reactive ketones (excluding diaryl/α,β-unsaturated/α-hetero) is 1. The molecule has 1 N–H and O–H groups in total. The largest absolute Gasteiger partial charge is 0.389 e. The molecule has 0 radical (unpaired) electrons. The quantitative estimate of drug-likeness (QED) is 0.460. The maximum atomic E-state index is 9.84. The maximum absolute atomic E-state index is 9.84. The Kier molecular flexibility index (Phi) is 0.734. The molecule has 0 aromatic carbocycles. The van der Waals surface area contributed by atoms with E-state index < -0.39 is 12.3 Å². The third-order valence-corrected chi connectivity index (χ3v) is 0.157. The SMILES string of the molecule is [2H]C([2H])(O)C(C)=O. The Bertz CT molecular complexity index is 83.4. The van der Waals surface area contributed by atoms with E-state index in [1.807, 2.05) is 0 Å². The van der Waals surface area contributed by atoms with Crippen LogP contribution in [0.2, 0.25) is 0 Å². The summed E-state index contributed by atoms with van der Waals surface area (Å²) in [5.74, 6) is -0.868. The lowest BCUT2D eigenvalue weighted by molar-refractivity contribution is -0.119. The van der Waals surface area contributed by atoms with Gasteiger partial charge in [-0.15, -0.1) is 0 Å². The van der Waals surface area contributed by atoms with Crippen molar-refractivity contribution in [2.24, 2.45) is 0 Å². The number of carbonyl (C=O) groups excluding carboxylic acids is 1. The van der Waals surface area contributed by atoms with Gasteiger partial charge in [0.2, 0.25) is 0 Å². The monoisotopic (exact) mass is 76.0 g/mol. The molecule has 0 fully saturated rings. The Morgan fingerprint density at radius 3 is 2.60 bits per heavy atom. The predicted molar refractivity (Wildman–Crippen MR) is 17.8 cm³/mol. The van der Waals surface area contributed by atoms with E-state index >= 15 is 0 Å². The van der Waals surface area contributed by atoms with Crippen molar-refractivity contribution in [1.29, 1.82) is 0 Å². The predicted octanol–water partition coefficient (Wildman–Crippen LogP) is -0.432. The van der Waals surface area contributed by atoms with Crippen LogP contribution in [0.3, 0.4) is 0 Å². The molecule has 0 amide bonds. The zero-order valence-corrected chi connectivity index (χ0v) is 2.86. The fourth-order valence-corrected chi connectivity index (χ4v) is 0. The molecule has 0 aliphatic heterocycles. The summed E-state index contributed by atoms with van der Waals surface area (Å²) >= 11 is 0. The standard InChI is InChI=1S/C3H6O2/c1-3(5)2-4/h4H,2H2,1H3/i2D2. The summed E-state index contributed by atoms with van der Waals surface area (Å²) in [6.45, 7) is -1.65. The second kappa shape index (κ2) is 1.91. The number of hydrogen-bond donors (Lipinski definition) is 1. The van der Waals surface area contributed by atoms with Crippen LogP contribution in [0, 0.1) is 0 Å². The van der Waals surface area contributed by atoms with Crippen LogP contribution >= 0.6 is 0 Å². The second-order valence-corrected chi connectivity index (χ2v) is 0.668. The van der Waals surface area contributed by atoms with Crippen LogP contribution in [0.25, 0.3) is 0 Å². The van der Waals surface area contributed by atoms with E-state index in [1.165, 1.54) is 0 Å². The first-order valence-corrected chi connectivity index (χ1v) is 1.18. The smallest absolute Gasteiger partial charge is 0.155 e. The zero-order valence-electron chi connectivity index (χ0n) is 4.86. The lowest BCUT2D eigenvalue weighted by Gasteiger charge is -1.72. The lowest BCUT2D eigenvalue weighted by Crippen LogP contribution is -1.93. The first-order valence-electron chi connectivity index (χ1n) is 2.18. The third-order valence-electron chi connectivity index (χ3n) is 0.157. The van der Waals surface area contributed by atoms with Crippen LogP contribution in [0.5, 0.6) is 0 Å². The number of rotatable bonds is 1. The number of hydrogen-bond acceptors (Lipinski definition) is 2. The summed E-state index contributed by atoms with van der Waals surface area (Å²) in [7, 11) is 0.